The number of carbonyl (C=O) groups is 2. The third-order valence-corrected chi connectivity index (χ3v) is 4.67. The smallest absolute Gasteiger partial charge is 0.255 e. The number of benzene rings is 1. The van der Waals surface area contributed by atoms with E-state index in [4.69, 9.17) is 15.2 Å². The SMILES string of the molecule is COc1ccc(C2CC(=O)Nc3ccsc32)cc1OCC(N)=O. The lowest BCUT2D eigenvalue weighted by Crippen LogP contribution is -2.22. The number of anilines is 1. The fourth-order valence-electron chi connectivity index (χ4n) is 2.61. The highest BCUT2D eigenvalue weighted by Crippen LogP contribution is 2.42. The first-order valence-corrected chi connectivity index (χ1v) is 7.92. The predicted molar refractivity (Wildman–Crippen MR) is 87.1 cm³/mol. The van der Waals surface area contributed by atoms with Crippen LogP contribution in [0.15, 0.2) is 29.6 Å². The molecule has 3 rings (SSSR count). The zero-order valence-corrected chi connectivity index (χ0v) is 13.3. The first kappa shape index (κ1) is 15.4. The number of primary amides is 1. The number of thiophene rings is 1. The number of hydrogen-bond acceptors (Lipinski definition) is 5. The molecule has 2 heterocycles. The van der Waals surface area contributed by atoms with Gasteiger partial charge < -0.3 is 20.5 Å². The van der Waals surface area contributed by atoms with Crippen molar-refractivity contribution in [3.63, 3.8) is 0 Å². The van der Waals surface area contributed by atoms with E-state index < -0.39 is 5.91 Å². The Kier molecular flexibility index (Phi) is 4.20. The quantitative estimate of drug-likeness (QED) is 0.877. The molecule has 0 radical (unpaired) electrons. The molecule has 120 valence electrons. The molecule has 7 heteroatoms. The van der Waals surface area contributed by atoms with Gasteiger partial charge in [0.25, 0.3) is 5.91 Å². The Balaban J connectivity index is 1.96. The number of fused-ring (bicyclic) bond motifs is 1. The highest BCUT2D eigenvalue weighted by molar-refractivity contribution is 7.10. The van der Waals surface area contributed by atoms with Crippen molar-refractivity contribution in [2.24, 2.45) is 5.73 Å². The summed E-state index contributed by atoms with van der Waals surface area (Å²) in [5.41, 5.74) is 6.91. The summed E-state index contributed by atoms with van der Waals surface area (Å²) < 4.78 is 10.7. The zero-order valence-electron chi connectivity index (χ0n) is 12.5. The maximum absolute atomic E-state index is 11.9. The molecule has 0 saturated carbocycles. The lowest BCUT2D eigenvalue weighted by atomic mass is 9.90. The highest BCUT2D eigenvalue weighted by atomic mass is 32.1. The molecule has 0 saturated heterocycles. The Morgan fingerprint density at radius 2 is 2.22 bits per heavy atom. The van der Waals surface area contributed by atoms with Gasteiger partial charge in [-0.05, 0) is 29.1 Å². The lowest BCUT2D eigenvalue weighted by molar-refractivity contribution is -0.120. The van der Waals surface area contributed by atoms with Gasteiger partial charge in [-0.2, -0.15) is 0 Å². The Hall–Kier alpha value is -2.54. The average molecular weight is 332 g/mol. The van der Waals surface area contributed by atoms with Crippen LogP contribution in [0.3, 0.4) is 0 Å². The molecule has 0 aliphatic carbocycles. The number of carbonyl (C=O) groups excluding carboxylic acids is 2. The Labute approximate surface area is 137 Å². The molecule has 6 nitrogen and oxygen atoms in total. The van der Waals surface area contributed by atoms with Crippen molar-refractivity contribution >= 4 is 28.8 Å². The number of hydrogen-bond donors (Lipinski definition) is 2. The van der Waals surface area contributed by atoms with Crippen molar-refractivity contribution in [3.8, 4) is 11.5 Å². The van der Waals surface area contributed by atoms with Gasteiger partial charge in [-0.15, -0.1) is 11.3 Å². The summed E-state index contributed by atoms with van der Waals surface area (Å²) >= 11 is 1.60. The number of ether oxygens (including phenoxy) is 2. The summed E-state index contributed by atoms with van der Waals surface area (Å²) in [4.78, 5) is 23.9. The van der Waals surface area contributed by atoms with E-state index in [1.54, 1.807) is 23.5 Å². The maximum atomic E-state index is 11.9. The Morgan fingerprint density at radius 3 is 2.96 bits per heavy atom. The van der Waals surface area contributed by atoms with Crippen LogP contribution < -0.4 is 20.5 Å². The molecule has 0 fully saturated rings. The van der Waals surface area contributed by atoms with Crippen molar-refractivity contribution in [3.05, 3.63) is 40.1 Å². The van der Waals surface area contributed by atoms with Gasteiger partial charge >= 0.3 is 0 Å². The van der Waals surface area contributed by atoms with Crippen LogP contribution in [0.4, 0.5) is 5.69 Å². The number of nitrogens with two attached hydrogens (primary N) is 1. The molecule has 1 unspecified atom stereocenters. The number of rotatable bonds is 5. The van der Waals surface area contributed by atoms with E-state index in [9.17, 15) is 9.59 Å². The van der Waals surface area contributed by atoms with Gasteiger partial charge in [0.05, 0.1) is 12.8 Å². The van der Waals surface area contributed by atoms with Crippen LogP contribution in [0.2, 0.25) is 0 Å². The normalized spacial score (nSPS) is 16.4. The third-order valence-electron chi connectivity index (χ3n) is 3.64. The molecular formula is C16H16N2O4S. The topological polar surface area (TPSA) is 90.7 Å². The average Bonchev–Trinajstić information content (AvgIpc) is 2.99. The first-order valence-electron chi connectivity index (χ1n) is 7.04. The second-order valence-corrected chi connectivity index (χ2v) is 6.12. The van der Waals surface area contributed by atoms with Gasteiger partial charge in [-0.1, -0.05) is 6.07 Å². The summed E-state index contributed by atoms with van der Waals surface area (Å²) in [6.45, 7) is -0.227. The van der Waals surface area contributed by atoms with Crippen molar-refractivity contribution in [2.45, 2.75) is 12.3 Å². The van der Waals surface area contributed by atoms with Gasteiger partial charge in [0, 0.05) is 17.2 Å². The van der Waals surface area contributed by atoms with Crippen LogP contribution in [0.5, 0.6) is 11.5 Å². The van der Waals surface area contributed by atoms with Gasteiger partial charge in [0.15, 0.2) is 18.1 Å². The largest absolute Gasteiger partial charge is 0.493 e. The molecule has 1 atom stereocenters. The second kappa shape index (κ2) is 6.29. The zero-order chi connectivity index (χ0) is 16.4. The lowest BCUT2D eigenvalue weighted by Gasteiger charge is -2.23. The minimum Gasteiger partial charge on any atom is -0.493 e. The van der Waals surface area contributed by atoms with E-state index in [1.807, 2.05) is 17.5 Å². The molecule has 0 bridgehead atoms. The molecule has 0 spiro atoms. The summed E-state index contributed by atoms with van der Waals surface area (Å²) in [6, 6.07) is 7.38. The van der Waals surface area contributed by atoms with E-state index in [2.05, 4.69) is 5.32 Å². The van der Waals surface area contributed by atoms with E-state index in [-0.39, 0.29) is 18.4 Å². The number of nitrogens with one attached hydrogen (secondary N) is 1. The summed E-state index contributed by atoms with van der Waals surface area (Å²) in [5, 5.41) is 4.83. The van der Waals surface area contributed by atoms with Crippen LogP contribution in [0.25, 0.3) is 0 Å². The summed E-state index contributed by atoms with van der Waals surface area (Å²) in [6.07, 6.45) is 0.370. The van der Waals surface area contributed by atoms with Crippen molar-refractivity contribution in [2.75, 3.05) is 19.0 Å². The molecule has 2 aromatic rings. The molecule has 1 aliphatic heterocycles. The monoisotopic (exact) mass is 332 g/mol. The van der Waals surface area contributed by atoms with Gasteiger partial charge in [0.2, 0.25) is 5.91 Å². The molecule has 2 amide bonds. The van der Waals surface area contributed by atoms with Crippen LogP contribution in [-0.2, 0) is 9.59 Å². The molecule has 3 N–H and O–H groups in total. The second-order valence-electron chi connectivity index (χ2n) is 5.17. The first-order chi connectivity index (χ1) is 11.1. The standard InChI is InChI=1S/C16H16N2O4S/c1-21-12-3-2-9(6-13(12)22-8-14(17)19)10-7-15(20)18-11-4-5-23-16(10)11/h2-6,10H,7-8H2,1H3,(H2,17,19)(H,18,20). The van der Waals surface area contributed by atoms with Crippen molar-refractivity contribution < 1.29 is 19.1 Å². The minimum absolute atomic E-state index is 0.0173. The van der Waals surface area contributed by atoms with Crippen molar-refractivity contribution in [1.29, 1.82) is 0 Å². The Bertz CT molecular complexity index is 756. The van der Waals surface area contributed by atoms with E-state index in [0.717, 1.165) is 16.1 Å². The summed E-state index contributed by atoms with van der Waals surface area (Å²) in [5.74, 6) is 0.335. The predicted octanol–water partition coefficient (Wildman–Crippen LogP) is 2.09. The molecule has 23 heavy (non-hydrogen) atoms. The minimum atomic E-state index is -0.560. The molecule has 1 aliphatic rings. The maximum Gasteiger partial charge on any atom is 0.255 e. The van der Waals surface area contributed by atoms with E-state index in [1.165, 1.54) is 7.11 Å². The molecular weight excluding hydrogens is 316 g/mol. The van der Waals surface area contributed by atoms with Gasteiger partial charge in [-0.25, -0.2) is 0 Å². The van der Waals surface area contributed by atoms with Crippen LogP contribution in [0, 0.1) is 0 Å². The van der Waals surface area contributed by atoms with Crippen LogP contribution in [0.1, 0.15) is 22.8 Å². The highest BCUT2D eigenvalue weighted by Gasteiger charge is 2.28. The molecule has 1 aromatic heterocycles. The van der Waals surface area contributed by atoms with Gasteiger partial charge in [-0.3, -0.25) is 9.59 Å². The fourth-order valence-corrected chi connectivity index (χ4v) is 3.59. The number of amides is 2. The van der Waals surface area contributed by atoms with Crippen LogP contribution >= 0.6 is 11.3 Å². The third kappa shape index (κ3) is 3.14. The van der Waals surface area contributed by atoms with Gasteiger partial charge in [0.1, 0.15) is 0 Å². The van der Waals surface area contributed by atoms with Crippen LogP contribution in [-0.4, -0.2) is 25.5 Å². The summed E-state index contributed by atoms with van der Waals surface area (Å²) in [7, 11) is 1.53. The van der Waals surface area contributed by atoms with E-state index >= 15 is 0 Å². The van der Waals surface area contributed by atoms with E-state index in [0.29, 0.717) is 17.9 Å². The molecule has 1 aromatic carbocycles. The fraction of sp³-hybridized carbons (Fsp3) is 0.250. The number of methoxy groups -OCH3 is 1. The van der Waals surface area contributed by atoms with Crippen molar-refractivity contribution in [1.82, 2.24) is 0 Å². The Morgan fingerprint density at radius 1 is 1.39 bits per heavy atom.